The molecule has 1 atom stereocenters. The molecular formula is C23H25IN4O2. The lowest BCUT2D eigenvalue weighted by Gasteiger charge is -2.18. The number of hydrogen-bond donors (Lipinski definition) is 3. The Morgan fingerprint density at radius 1 is 1.30 bits per heavy atom. The maximum Gasteiger partial charge on any atom is 0.268 e. The van der Waals surface area contributed by atoms with Gasteiger partial charge >= 0.3 is 0 Å². The lowest BCUT2D eigenvalue weighted by molar-refractivity contribution is 0.0923. The Balaban J connectivity index is 1.52. The van der Waals surface area contributed by atoms with Crippen molar-refractivity contribution in [1.82, 2.24) is 15.3 Å². The van der Waals surface area contributed by atoms with E-state index in [2.05, 4.69) is 32.7 Å². The standard InChI is InChI=1S/C23H25IN4O2/c1-14-4-3-5-16(8-14)21(13-30-24)28-23(29)20-9-17(12-25-20)19-10-22(26-11-15(19)2)27-18-6-7-18/h3-5,8-12,18,21,25H,6-7,13H2,1-2H3,(H,26,27)(H,28,29)/t21-/m1/s1. The fourth-order valence-corrected chi connectivity index (χ4v) is 3.80. The van der Waals surface area contributed by atoms with E-state index in [0.717, 1.165) is 33.6 Å². The Hall–Kier alpha value is -2.39. The van der Waals surface area contributed by atoms with Crippen LogP contribution in [-0.2, 0) is 3.07 Å². The second-order valence-electron chi connectivity index (χ2n) is 7.82. The monoisotopic (exact) mass is 516 g/mol. The van der Waals surface area contributed by atoms with Crippen LogP contribution in [0.1, 0.15) is 46.1 Å². The van der Waals surface area contributed by atoms with Gasteiger partial charge in [0.25, 0.3) is 5.91 Å². The van der Waals surface area contributed by atoms with Crippen LogP contribution >= 0.6 is 23.0 Å². The molecule has 1 aliphatic rings. The summed E-state index contributed by atoms with van der Waals surface area (Å²) in [4.78, 5) is 20.5. The number of nitrogens with one attached hydrogen (secondary N) is 3. The third-order valence-corrected chi connectivity index (χ3v) is 5.61. The number of carbonyl (C=O) groups excluding carboxylic acids is 1. The second-order valence-corrected chi connectivity index (χ2v) is 8.44. The summed E-state index contributed by atoms with van der Waals surface area (Å²) >= 11 is 1.86. The molecule has 30 heavy (non-hydrogen) atoms. The molecule has 4 rings (SSSR count). The van der Waals surface area contributed by atoms with Crippen LogP contribution in [0, 0.1) is 13.8 Å². The highest BCUT2D eigenvalue weighted by atomic mass is 127. The molecule has 6 nitrogen and oxygen atoms in total. The van der Waals surface area contributed by atoms with Gasteiger partial charge in [-0.25, -0.2) is 4.98 Å². The van der Waals surface area contributed by atoms with Crippen molar-refractivity contribution >= 4 is 34.7 Å². The van der Waals surface area contributed by atoms with Gasteiger partial charge in [-0.05, 0) is 55.5 Å². The van der Waals surface area contributed by atoms with Gasteiger partial charge < -0.3 is 18.7 Å². The molecular weight excluding hydrogens is 491 g/mol. The number of pyridine rings is 1. The summed E-state index contributed by atoms with van der Waals surface area (Å²) < 4.78 is 5.31. The predicted octanol–water partition coefficient (Wildman–Crippen LogP) is 5.11. The minimum Gasteiger partial charge on any atom is -0.367 e. The fourth-order valence-electron chi connectivity index (χ4n) is 3.44. The summed E-state index contributed by atoms with van der Waals surface area (Å²) in [6.45, 7) is 4.46. The van der Waals surface area contributed by atoms with Crippen LogP contribution in [-0.4, -0.2) is 28.5 Å². The normalized spacial score (nSPS) is 14.4. The van der Waals surface area contributed by atoms with Crippen LogP contribution in [0.15, 0.2) is 48.8 Å². The summed E-state index contributed by atoms with van der Waals surface area (Å²) in [6.07, 6.45) is 6.14. The van der Waals surface area contributed by atoms with Gasteiger partial charge in [0.1, 0.15) is 34.5 Å². The lowest BCUT2D eigenvalue weighted by atomic mass is 10.0. The maximum atomic E-state index is 12.9. The summed E-state index contributed by atoms with van der Waals surface area (Å²) in [7, 11) is 0. The molecule has 1 saturated carbocycles. The number of halogens is 1. The molecule has 1 aliphatic carbocycles. The molecule has 0 spiro atoms. The minimum absolute atomic E-state index is 0.163. The van der Waals surface area contributed by atoms with Gasteiger partial charge in [0.15, 0.2) is 0 Å². The highest BCUT2D eigenvalue weighted by Crippen LogP contribution is 2.29. The van der Waals surface area contributed by atoms with Crippen LogP contribution in [0.2, 0.25) is 0 Å². The van der Waals surface area contributed by atoms with Crippen LogP contribution in [0.5, 0.6) is 0 Å². The molecule has 1 fully saturated rings. The fraction of sp³-hybridized carbons (Fsp3) is 0.304. The van der Waals surface area contributed by atoms with Crippen molar-refractivity contribution in [2.24, 2.45) is 0 Å². The SMILES string of the molecule is Cc1cccc([C@@H](COI)NC(=O)c2cc(-c3cc(NC4CC4)ncc3C)c[nH]2)c1. The summed E-state index contributed by atoms with van der Waals surface area (Å²) in [5.74, 6) is 0.716. The predicted molar refractivity (Wildman–Crippen MR) is 127 cm³/mol. The van der Waals surface area contributed by atoms with Gasteiger partial charge in [-0.1, -0.05) is 29.8 Å². The summed E-state index contributed by atoms with van der Waals surface area (Å²) in [6, 6.07) is 12.3. The molecule has 3 aromatic rings. The third kappa shape index (κ3) is 5.02. The van der Waals surface area contributed by atoms with E-state index in [1.54, 1.807) is 0 Å². The van der Waals surface area contributed by atoms with Gasteiger partial charge in [0.05, 0.1) is 12.6 Å². The van der Waals surface area contributed by atoms with E-state index in [4.69, 9.17) is 3.07 Å². The highest BCUT2D eigenvalue weighted by molar-refractivity contribution is 14.1. The number of benzene rings is 1. The number of rotatable bonds is 8. The van der Waals surface area contributed by atoms with Gasteiger partial charge in [0, 0.05) is 24.0 Å². The van der Waals surface area contributed by atoms with Crippen LogP contribution < -0.4 is 10.6 Å². The Labute approximate surface area is 190 Å². The van der Waals surface area contributed by atoms with E-state index in [1.165, 1.54) is 12.8 Å². The van der Waals surface area contributed by atoms with Gasteiger partial charge in [-0.2, -0.15) is 0 Å². The molecule has 156 valence electrons. The quantitative estimate of drug-likeness (QED) is 0.364. The first kappa shape index (κ1) is 20.9. The van der Waals surface area contributed by atoms with Gasteiger partial charge in [0.2, 0.25) is 0 Å². The Morgan fingerprint density at radius 2 is 2.13 bits per heavy atom. The van der Waals surface area contributed by atoms with E-state index in [9.17, 15) is 4.79 Å². The summed E-state index contributed by atoms with van der Waals surface area (Å²) in [5, 5.41) is 6.51. The van der Waals surface area contributed by atoms with Gasteiger partial charge in [-0.3, -0.25) is 4.79 Å². The molecule has 0 radical (unpaired) electrons. The Kier molecular flexibility index (Phi) is 6.38. The van der Waals surface area contributed by atoms with E-state index in [-0.39, 0.29) is 11.9 Å². The van der Waals surface area contributed by atoms with Crippen molar-refractivity contribution in [2.45, 2.75) is 38.8 Å². The van der Waals surface area contributed by atoms with Crippen molar-refractivity contribution in [3.63, 3.8) is 0 Å². The zero-order valence-corrected chi connectivity index (χ0v) is 19.2. The number of H-pyrrole nitrogens is 1. The Morgan fingerprint density at radius 3 is 2.87 bits per heavy atom. The number of amides is 1. The molecule has 7 heteroatoms. The molecule has 0 aliphatic heterocycles. The van der Waals surface area contributed by atoms with Crippen molar-refractivity contribution < 1.29 is 7.86 Å². The molecule has 1 amide bonds. The molecule has 0 unspecified atom stereocenters. The average molecular weight is 516 g/mol. The molecule has 0 saturated heterocycles. The Bertz CT molecular complexity index is 1050. The minimum atomic E-state index is -0.224. The number of hydrogen-bond acceptors (Lipinski definition) is 4. The van der Waals surface area contributed by atoms with Crippen LogP contribution in [0.4, 0.5) is 5.82 Å². The number of carbonyl (C=O) groups is 1. The second kappa shape index (κ2) is 9.18. The average Bonchev–Trinajstić information content (AvgIpc) is 3.41. The largest absolute Gasteiger partial charge is 0.367 e. The zero-order valence-electron chi connectivity index (χ0n) is 17.0. The molecule has 2 heterocycles. The van der Waals surface area contributed by atoms with E-state index < -0.39 is 0 Å². The highest BCUT2D eigenvalue weighted by Gasteiger charge is 2.22. The zero-order chi connectivity index (χ0) is 21.1. The first-order valence-electron chi connectivity index (χ1n) is 10.1. The van der Waals surface area contributed by atoms with Crippen molar-refractivity contribution in [2.75, 3.05) is 11.9 Å². The lowest BCUT2D eigenvalue weighted by Crippen LogP contribution is -2.31. The van der Waals surface area contributed by atoms with E-state index in [0.29, 0.717) is 18.3 Å². The smallest absolute Gasteiger partial charge is 0.268 e. The molecule has 2 aromatic heterocycles. The van der Waals surface area contributed by atoms with Gasteiger partial charge in [-0.15, -0.1) is 0 Å². The van der Waals surface area contributed by atoms with Crippen molar-refractivity contribution in [1.29, 1.82) is 0 Å². The molecule has 1 aromatic carbocycles. The number of aromatic nitrogens is 2. The number of aromatic amines is 1. The van der Waals surface area contributed by atoms with Crippen molar-refractivity contribution in [3.05, 3.63) is 71.2 Å². The maximum absolute atomic E-state index is 12.9. The first-order chi connectivity index (χ1) is 14.5. The van der Waals surface area contributed by atoms with Crippen molar-refractivity contribution in [3.8, 4) is 11.1 Å². The first-order valence-corrected chi connectivity index (χ1v) is 10.9. The van der Waals surface area contributed by atoms with E-state index >= 15 is 0 Å². The van der Waals surface area contributed by atoms with Crippen LogP contribution in [0.25, 0.3) is 11.1 Å². The number of anilines is 1. The topological polar surface area (TPSA) is 79.0 Å². The number of nitrogens with zero attached hydrogens (tertiary/aromatic N) is 1. The third-order valence-electron chi connectivity index (χ3n) is 5.25. The van der Waals surface area contributed by atoms with E-state index in [1.807, 2.05) is 73.5 Å². The molecule has 0 bridgehead atoms. The summed E-state index contributed by atoms with van der Waals surface area (Å²) in [5.41, 5.74) is 5.78. The molecule has 3 N–H and O–H groups in total. The number of aryl methyl sites for hydroxylation is 2. The van der Waals surface area contributed by atoms with Crippen LogP contribution in [0.3, 0.4) is 0 Å².